The van der Waals surface area contributed by atoms with E-state index >= 15 is 0 Å². The van der Waals surface area contributed by atoms with Crippen molar-refractivity contribution < 1.29 is 0 Å². The fourth-order valence-corrected chi connectivity index (χ4v) is 8.10. The Kier molecular flexibility index (Phi) is 5.06. The second kappa shape index (κ2) is 9.67. The van der Waals surface area contributed by atoms with E-state index in [0.717, 1.165) is 84.0 Å². The molecule has 0 spiro atoms. The van der Waals surface area contributed by atoms with Crippen molar-refractivity contribution in [1.29, 1.82) is 0 Å². The zero-order chi connectivity index (χ0) is 33.2. The van der Waals surface area contributed by atoms with Crippen LogP contribution in [0, 0.1) is 0 Å². The third kappa shape index (κ3) is 3.48. The van der Waals surface area contributed by atoms with E-state index in [9.17, 15) is 0 Å². The van der Waals surface area contributed by atoms with E-state index in [1.165, 1.54) is 10.8 Å². The Morgan fingerprint density at radius 2 is 0.922 bits per heavy atom. The molecule has 12 aromatic rings. The van der Waals surface area contributed by atoms with Gasteiger partial charge in [0.2, 0.25) is 11.6 Å². The van der Waals surface area contributed by atoms with Crippen LogP contribution in [0.2, 0.25) is 0 Å². The van der Waals surface area contributed by atoms with Crippen molar-refractivity contribution >= 4 is 77.8 Å². The third-order valence-electron chi connectivity index (χ3n) is 10.2. The van der Waals surface area contributed by atoms with Crippen LogP contribution in [-0.2, 0) is 0 Å². The summed E-state index contributed by atoms with van der Waals surface area (Å²) in [5.74, 6) is 1.66. The van der Waals surface area contributed by atoms with Crippen LogP contribution in [-0.4, -0.2) is 42.4 Å². The fourth-order valence-electron chi connectivity index (χ4n) is 8.10. The zero-order valence-electron chi connectivity index (χ0n) is 27.0. The standard InChI is InChI=1S/C42H25N9/c1-4-15-33-29(12-1)30-21-20-28(48-36-18-7-8-19-37(36)50-34-16-5-2-13-31(34)45-41(48)50)25-38(30)47(33)26-10-9-11-27(24-26)49-39-40(44-23-22-43-39)51-35-17-6-3-14-32(35)46-42(49)51/h1-25H. The summed E-state index contributed by atoms with van der Waals surface area (Å²) in [4.78, 5) is 19.7. The third-order valence-corrected chi connectivity index (χ3v) is 10.2. The number of nitrogens with zero attached hydrogens (tertiary/aromatic N) is 9. The van der Waals surface area contributed by atoms with Crippen molar-refractivity contribution in [3.8, 4) is 17.1 Å². The highest BCUT2D eigenvalue weighted by atomic mass is 15.3. The maximum Gasteiger partial charge on any atom is 0.223 e. The van der Waals surface area contributed by atoms with Crippen LogP contribution in [0.3, 0.4) is 0 Å². The lowest BCUT2D eigenvalue weighted by Crippen LogP contribution is -2.00. The summed E-state index contributed by atoms with van der Waals surface area (Å²) in [6, 6.07) is 49.0. The van der Waals surface area contributed by atoms with E-state index in [-0.39, 0.29) is 0 Å². The molecule has 0 saturated carbocycles. The lowest BCUT2D eigenvalue weighted by Gasteiger charge is -2.12. The molecular weight excluding hydrogens is 631 g/mol. The molecule has 51 heavy (non-hydrogen) atoms. The molecule has 238 valence electrons. The molecule has 9 nitrogen and oxygen atoms in total. The van der Waals surface area contributed by atoms with E-state index in [0.29, 0.717) is 0 Å². The minimum Gasteiger partial charge on any atom is -0.309 e. The number of fused-ring (bicyclic) bond motifs is 13. The number of benzene rings is 6. The van der Waals surface area contributed by atoms with Crippen molar-refractivity contribution in [2.24, 2.45) is 0 Å². The lowest BCUT2D eigenvalue weighted by atomic mass is 10.1. The van der Waals surface area contributed by atoms with Gasteiger partial charge in [-0.3, -0.25) is 17.9 Å². The first-order valence-electron chi connectivity index (χ1n) is 16.9. The minimum absolute atomic E-state index is 0.753. The summed E-state index contributed by atoms with van der Waals surface area (Å²) in [6.07, 6.45) is 3.48. The molecule has 6 heterocycles. The van der Waals surface area contributed by atoms with Gasteiger partial charge in [0.05, 0.1) is 55.5 Å². The van der Waals surface area contributed by atoms with Gasteiger partial charge in [0, 0.05) is 28.9 Å². The highest BCUT2D eigenvalue weighted by molar-refractivity contribution is 6.10. The second-order valence-electron chi connectivity index (χ2n) is 12.9. The summed E-state index contributed by atoms with van der Waals surface area (Å²) in [5, 5.41) is 2.37. The van der Waals surface area contributed by atoms with Crippen LogP contribution in [0.5, 0.6) is 0 Å². The van der Waals surface area contributed by atoms with Gasteiger partial charge in [-0.15, -0.1) is 0 Å². The molecular formula is C42H25N9. The molecule has 0 fully saturated rings. The molecule has 0 N–H and O–H groups in total. The Balaban J connectivity index is 1.13. The van der Waals surface area contributed by atoms with Gasteiger partial charge in [-0.1, -0.05) is 66.7 Å². The largest absolute Gasteiger partial charge is 0.309 e. The average molecular weight is 656 g/mol. The van der Waals surface area contributed by atoms with Gasteiger partial charge >= 0.3 is 0 Å². The topological polar surface area (TPSA) is 75.2 Å². The SMILES string of the molecule is c1cc(-n2c3ccccc3c3ccc(-n4c5ccccc5n5c6ccccc6nc45)cc32)cc(-n2c3nccnc3n3c4ccccc4nc23)c1. The monoisotopic (exact) mass is 655 g/mol. The van der Waals surface area contributed by atoms with Gasteiger partial charge in [-0.25, -0.2) is 19.9 Å². The average Bonchev–Trinajstić information content (AvgIpc) is 3.97. The Labute approximate surface area is 288 Å². The molecule has 0 saturated heterocycles. The van der Waals surface area contributed by atoms with Crippen LogP contribution in [0.4, 0.5) is 0 Å². The van der Waals surface area contributed by atoms with Crippen LogP contribution >= 0.6 is 0 Å². The first kappa shape index (κ1) is 26.7. The Bertz CT molecular complexity index is 3390. The van der Waals surface area contributed by atoms with E-state index in [4.69, 9.17) is 19.9 Å². The van der Waals surface area contributed by atoms with Gasteiger partial charge in [0.1, 0.15) is 0 Å². The fraction of sp³-hybridized carbons (Fsp3) is 0. The number of imidazole rings is 4. The number of para-hydroxylation sites is 7. The van der Waals surface area contributed by atoms with E-state index < -0.39 is 0 Å². The number of aromatic nitrogens is 9. The van der Waals surface area contributed by atoms with Gasteiger partial charge in [0.25, 0.3) is 0 Å². The van der Waals surface area contributed by atoms with E-state index in [1.807, 2.05) is 24.3 Å². The van der Waals surface area contributed by atoms with Crippen LogP contribution in [0.15, 0.2) is 152 Å². The van der Waals surface area contributed by atoms with Crippen molar-refractivity contribution in [2.75, 3.05) is 0 Å². The normalized spacial score (nSPS) is 12.3. The molecule has 0 atom stereocenters. The number of rotatable bonds is 3. The molecule has 0 amide bonds. The van der Waals surface area contributed by atoms with Gasteiger partial charge in [-0.05, 0) is 72.8 Å². The van der Waals surface area contributed by atoms with Crippen molar-refractivity contribution in [1.82, 2.24) is 42.4 Å². The maximum atomic E-state index is 5.14. The predicted octanol–water partition coefficient (Wildman–Crippen LogP) is 9.06. The lowest BCUT2D eigenvalue weighted by molar-refractivity contribution is 1.07. The summed E-state index contributed by atoms with van der Waals surface area (Å²) < 4.78 is 11.1. The second-order valence-corrected chi connectivity index (χ2v) is 12.9. The summed E-state index contributed by atoms with van der Waals surface area (Å²) in [6.45, 7) is 0. The predicted molar refractivity (Wildman–Crippen MR) is 203 cm³/mol. The Morgan fingerprint density at radius 3 is 1.71 bits per heavy atom. The molecule has 12 rings (SSSR count). The molecule has 6 aromatic carbocycles. The maximum absolute atomic E-state index is 5.14. The zero-order valence-corrected chi connectivity index (χ0v) is 27.0. The van der Waals surface area contributed by atoms with Gasteiger partial charge in [0.15, 0.2) is 11.3 Å². The Hall–Kier alpha value is -7.26. The van der Waals surface area contributed by atoms with Gasteiger partial charge < -0.3 is 4.57 Å². The summed E-state index contributed by atoms with van der Waals surface area (Å²) in [5.41, 5.74) is 13.0. The molecule has 0 bridgehead atoms. The quantitative estimate of drug-likeness (QED) is 0.190. The van der Waals surface area contributed by atoms with Crippen LogP contribution < -0.4 is 0 Å². The highest BCUT2D eigenvalue weighted by Gasteiger charge is 2.21. The molecule has 0 aliphatic rings. The minimum atomic E-state index is 0.753. The van der Waals surface area contributed by atoms with Crippen LogP contribution in [0.1, 0.15) is 0 Å². The van der Waals surface area contributed by atoms with Crippen molar-refractivity contribution in [3.63, 3.8) is 0 Å². The summed E-state index contributed by atoms with van der Waals surface area (Å²) >= 11 is 0. The first-order chi connectivity index (χ1) is 25.3. The first-order valence-corrected chi connectivity index (χ1v) is 16.9. The van der Waals surface area contributed by atoms with Crippen molar-refractivity contribution in [3.05, 3.63) is 152 Å². The van der Waals surface area contributed by atoms with E-state index in [1.54, 1.807) is 12.4 Å². The molecule has 0 aliphatic heterocycles. The van der Waals surface area contributed by atoms with Gasteiger partial charge in [-0.2, -0.15) is 0 Å². The molecule has 0 aliphatic carbocycles. The number of hydrogen-bond acceptors (Lipinski definition) is 4. The smallest absolute Gasteiger partial charge is 0.223 e. The molecule has 6 aromatic heterocycles. The number of hydrogen-bond donors (Lipinski definition) is 0. The Morgan fingerprint density at radius 1 is 0.353 bits per heavy atom. The van der Waals surface area contributed by atoms with Crippen LogP contribution in [0.25, 0.3) is 94.8 Å². The van der Waals surface area contributed by atoms with E-state index in [2.05, 4.69) is 138 Å². The molecule has 0 unspecified atom stereocenters. The van der Waals surface area contributed by atoms with Crippen molar-refractivity contribution in [2.45, 2.75) is 0 Å². The molecule has 9 heteroatoms. The highest BCUT2D eigenvalue weighted by Crippen LogP contribution is 2.36. The molecule has 0 radical (unpaired) electrons. The summed E-state index contributed by atoms with van der Waals surface area (Å²) in [7, 11) is 0.